The zero-order valence-corrected chi connectivity index (χ0v) is 12.7. The summed E-state index contributed by atoms with van der Waals surface area (Å²) in [6.07, 6.45) is 13.7. The smallest absolute Gasteiger partial charge is 0.302 e. The second-order valence-corrected chi connectivity index (χ2v) is 5.28. The molecule has 2 heteroatoms. The predicted molar refractivity (Wildman–Crippen MR) is 77.7 cm³/mol. The summed E-state index contributed by atoms with van der Waals surface area (Å²) in [6.45, 7) is 5.97. The second-order valence-electron chi connectivity index (χ2n) is 5.28. The molecule has 0 bridgehead atoms. The van der Waals surface area contributed by atoms with E-state index in [4.69, 9.17) is 4.74 Å². The lowest BCUT2D eigenvalue weighted by Gasteiger charge is -2.16. The van der Waals surface area contributed by atoms with Gasteiger partial charge in [0.25, 0.3) is 0 Å². The van der Waals surface area contributed by atoms with Crippen LogP contribution in [-0.2, 0) is 9.53 Å². The fourth-order valence-electron chi connectivity index (χ4n) is 2.27. The van der Waals surface area contributed by atoms with Gasteiger partial charge in [0.05, 0.1) is 0 Å². The lowest BCUT2D eigenvalue weighted by molar-refractivity contribution is -0.147. The topological polar surface area (TPSA) is 26.3 Å². The minimum atomic E-state index is -0.123. The van der Waals surface area contributed by atoms with Crippen molar-refractivity contribution in [3.8, 4) is 0 Å². The van der Waals surface area contributed by atoms with Crippen molar-refractivity contribution in [2.75, 3.05) is 0 Å². The molecule has 0 aromatic rings. The quantitative estimate of drug-likeness (QED) is 0.352. The molecular formula is C16H32O2. The summed E-state index contributed by atoms with van der Waals surface area (Å²) in [5.74, 6) is -0.123. The van der Waals surface area contributed by atoms with E-state index in [0.29, 0.717) is 0 Å². The number of rotatable bonds is 12. The van der Waals surface area contributed by atoms with Gasteiger partial charge >= 0.3 is 5.97 Å². The van der Waals surface area contributed by atoms with E-state index in [0.717, 1.165) is 12.8 Å². The molecule has 0 rings (SSSR count). The summed E-state index contributed by atoms with van der Waals surface area (Å²) in [7, 11) is 0. The van der Waals surface area contributed by atoms with Crippen LogP contribution >= 0.6 is 0 Å². The Labute approximate surface area is 113 Å². The second kappa shape index (κ2) is 12.9. The molecule has 0 heterocycles. The summed E-state index contributed by atoms with van der Waals surface area (Å²) >= 11 is 0. The van der Waals surface area contributed by atoms with Gasteiger partial charge in [-0.25, -0.2) is 0 Å². The van der Waals surface area contributed by atoms with Crippen LogP contribution in [0.5, 0.6) is 0 Å². The molecule has 0 radical (unpaired) electrons. The maximum atomic E-state index is 11.0. The van der Waals surface area contributed by atoms with E-state index in [1.807, 2.05) is 0 Å². The highest BCUT2D eigenvalue weighted by Crippen LogP contribution is 2.15. The third-order valence-electron chi connectivity index (χ3n) is 3.34. The van der Waals surface area contributed by atoms with Crippen molar-refractivity contribution in [3.63, 3.8) is 0 Å². The first-order chi connectivity index (χ1) is 8.70. The molecule has 0 aromatic carbocycles. The van der Waals surface area contributed by atoms with Crippen LogP contribution in [0.1, 0.15) is 91.4 Å². The molecule has 0 aromatic heterocycles. The lowest BCUT2D eigenvalue weighted by Crippen LogP contribution is -2.16. The van der Waals surface area contributed by atoms with Gasteiger partial charge in [-0.3, -0.25) is 4.79 Å². The summed E-state index contributed by atoms with van der Waals surface area (Å²) in [5, 5.41) is 0. The Morgan fingerprint density at radius 3 is 1.83 bits per heavy atom. The normalized spacial score (nSPS) is 12.4. The summed E-state index contributed by atoms with van der Waals surface area (Å²) in [4.78, 5) is 11.0. The maximum Gasteiger partial charge on any atom is 0.302 e. The molecule has 0 saturated carbocycles. The Morgan fingerprint density at radius 2 is 1.28 bits per heavy atom. The Kier molecular flexibility index (Phi) is 12.5. The highest BCUT2D eigenvalue weighted by Gasteiger charge is 2.11. The van der Waals surface area contributed by atoms with Gasteiger partial charge in [0, 0.05) is 6.92 Å². The van der Waals surface area contributed by atoms with Crippen LogP contribution < -0.4 is 0 Å². The molecule has 108 valence electrons. The van der Waals surface area contributed by atoms with E-state index in [2.05, 4.69) is 13.8 Å². The van der Waals surface area contributed by atoms with Gasteiger partial charge in [-0.1, -0.05) is 58.8 Å². The fourth-order valence-corrected chi connectivity index (χ4v) is 2.27. The third-order valence-corrected chi connectivity index (χ3v) is 3.34. The molecule has 0 aliphatic carbocycles. The van der Waals surface area contributed by atoms with Gasteiger partial charge in [-0.15, -0.1) is 0 Å². The maximum absolute atomic E-state index is 11.0. The molecule has 1 atom stereocenters. The van der Waals surface area contributed by atoms with Crippen LogP contribution in [0.15, 0.2) is 0 Å². The van der Waals surface area contributed by atoms with Crippen LogP contribution in [0, 0.1) is 0 Å². The number of hydrogen-bond donors (Lipinski definition) is 0. The molecule has 0 spiro atoms. The van der Waals surface area contributed by atoms with Crippen molar-refractivity contribution in [2.45, 2.75) is 97.5 Å². The summed E-state index contributed by atoms with van der Waals surface area (Å²) < 4.78 is 5.39. The standard InChI is InChI=1S/C16H32O2/c1-4-6-8-9-10-12-14-16(18-15(3)17)13-11-7-5-2/h16H,4-14H2,1-3H3. The van der Waals surface area contributed by atoms with Gasteiger partial charge in [0.2, 0.25) is 0 Å². The third kappa shape index (κ3) is 11.9. The van der Waals surface area contributed by atoms with Crippen LogP contribution in [0.25, 0.3) is 0 Å². The zero-order valence-electron chi connectivity index (χ0n) is 12.7. The molecule has 0 aliphatic rings. The molecule has 0 saturated heterocycles. The molecule has 2 nitrogen and oxygen atoms in total. The van der Waals surface area contributed by atoms with Gasteiger partial charge in [-0.2, -0.15) is 0 Å². The van der Waals surface area contributed by atoms with Gasteiger partial charge < -0.3 is 4.74 Å². The molecule has 18 heavy (non-hydrogen) atoms. The minimum absolute atomic E-state index is 0.123. The average molecular weight is 256 g/mol. The molecule has 0 fully saturated rings. The zero-order chi connectivity index (χ0) is 13.6. The van der Waals surface area contributed by atoms with Gasteiger partial charge in [0.1, 0.15) is 6.10 Å². The number of ether oxygens (including phenoxy) is 1. The van der Waals surface area contributed by atoms with Crippen molar-refractivity contribution in [1.82, 2.24) is 0 Å². The fraction of sp³-hybridized carbons (Fsp3) is 0.938. The van der Waals surface area contributed by atoms with Crippen LogP contribution in [0.4, 0.5) is 0 Å². The Balaban J connectivity index is 3.61. The highest BCUT2D eigenvalue weighted by molar-refractivity contribution is 5.66. The largest absolute Gasteiger partial charge is 0.463 e. The summed E-state index contributed by atoms with van der Waals surface area (Å²) in [5.41, 5.74) is 0. The number of esters is 1. The van der Waals surface area contributed by atoms with E-state index in [1.54, 1.807) is 0 Å². The van der Waals surface area contributed by atoms with Crippen LogP contribution in [0.3, 0.4) is 0 Å². The van der Waals surface area contributed by atoms with Crippen molar-refractivity contribution in [2.24, 2.45) is 0 Å². The Bertz CT molecular complexity index is 190. The average Bonchev–Trinajstić information content (AvgIpc) is 2.33. The molecule has 0 N–H and O–H groups in total. The number of carbonyl (C=O) groups is 1. The minimum Gasteiger partial charge on any atom is -0.463 e. The van der Waals surface area contributed by atoms with Crippen LogP contribution in [0.2, 0.25) is 0 Å². The first-order valence-electron chi connectivity index (χ1n) is 7.87. The molecular weight excluding hydrogens is 224 g/mol. The van der Waals surface area contributed by atoms with Gasteiger partial charge in [0.15, 0.2) is 0 Å². The van der Waals surface area contributed by atoms with E-state index in [-0.39, 0.29) is 12.1 Å². The van der Waals surface area contributed by atoms with E-state index < -0.39 is 0 Å². The van der Waals surface area contributed by atoms with E-state index >= 15 is 0 Å². The molecule has 1 unspecified atom stereocenters. The van der Waals surface area contributed by atoms with Gasteiger partial charge in [-0.05, 0) is 25.7 Å². The monoisotopic (exact) mass is 256 g/mol. The Morgan fingerprint density at radius 1 is 0.833 bits per heavy atom. The predicted octanol–water partition coefficient (Wildman–Crippen LogP) is 5.25. The van der Waals surface area contributed by atoms with Crippen LogP contribution in [-0.4, -0.2) is 12.1 Å². The van der Waals surface area contributed by atoms with Crippen molar-refractivity contribution >= 4 is 5.97 Å². The SMILES string of the molecule is CCCCCCCCC(CCCCC)OC(C)=O. The van der Waals surface area contributed by atoms with E-state index in [1.165, 1.54) is 64.7 Å². The van der Waals surface area contributed by atoms with Crippen molar-refractivity contribution < 1.29 is 9.53 Å². The van der Waals surface area contributed by atoms with Crippen molar-refractivity contribution in [1.29, 1.82) is 0 Å². The number of carbonyl (C=O) groups excluding carboxylic acids is 1. The first-order valence-corrected chi connectivity index (χ1v) is 7.87. The molecule has 0 aliphatic heterocycles. The number of hydrogen-bond acceptors (Lipinski definition) is 2. The summed E-state index contributed by atoms with van der Waals surface area (Å²) in [6, 6.07) is 0. The highest BCUT2D eigenvalue weighted by atomic mass is 16.5. The van der Waals surface area contributed by atoms with E-state index in [9.17, 15) is 4.79 Å². The lowest BCUT2D eigenvalue weighted by atomic mass is 10.0. The first kappa shape index (κ1) is 17.5. The van der Waals surface area contributed by atoms with Crippen molar-refractivity contribution in [3.05, 3.63) is 0 Å². The Hall–Kier alpha value is -0.530. The number of unbranched alkanes of at least 4 members (excludes halogenated alkanes) is 7. The molecule has 0 amide bonds.